The van der Waals surface area contributed by atoms with Crippen LogP contribution in [-0.4, -0.2) is 19.8 Å². The zero-order chi connectivity index (χ0) is 10.7. The highest BCUT2D eigenvalue weighted by atomic mass is 19.1. The van der Waals surface area contributed by atoms with Crippen molar-refractivity contribution in [2.45, 2.75) is 6.04 Å². The van der Waals surface area contributed by atoms with E-state index < -0.39 is 5.82 Å². The maximum atomic E-state index is 13.1. The third-order valence-electron chi connectivity index (χ3n) is 2.43. The Morgan fingerprint density at radius 1 is 1.53 bits per heavy atom. The van der Waals surface area contributed by atoms with Crippen LogP contribution in [0.15, 0.2) is 18.2 Å². The van der Waals surface area contributed by atoms with Crippen molar-refractivity contribution in [2.24, 2.45) is 0 Å². The Hall–Kier alpha value is -1.44. The summed E-state index contributed by atoms with van der Waals surface area (Å²) in [5.41, 5.74) is 0.979. The van der Waals surface area contributed by atoms with Crippen LogP contribution in [0.1, 0.15) is 17.2 Å². The van der Waals surface area contributed by atoms with E-state index in [1.807, 2.05) is 6.07 Å². The molecule has 1 N–H and O–H groups in total. The number of rotatable bonds is 1. The third kappa shape index (κ3) is 2.14. The van der Waals surface area contributed by atoms with Crippen molar-refractivity contribution in [2.75, 3.05) is 19.8 Å². The fourth-order valence-electron chi connectivity index (χ4n) is 1.62. The van der Waals surface area contributed by atoms with E-state index in [0.29, 0.717) is 13.2 Å². The largest absolute Gasteiger partial charge is 0.378 e. The van der Waals surface area contributed by atoms with Gasteiger partial charge in [-0.05, 0) is 17.7 Å². The van der Waals surface area contributed by atoms with E-state index in [9.17, 15) is 4.39 Å². The average molecular weight is 206 g/mol. The van der Waals surface area contributed by atoms with Crippen molar-refractivity contribution in [3.8, 4) is 6.07 Å². The molecule has 1 atom stereocenters. The smallest absolute Gasteiger partial charge is 0.140 e. The molecule has 1 aromatic rings. The van der Waals surface area contributed by atoms with Gasteiger partial charge < -0.3 is 10.1 Å². The van der Waals surface area contributed by atoms with Gasteiger partial charge in [0.25, 0.3) is 0 Å². The third-order valence-corrected chi connectivity index (χ3v) is 2.43. The topological polar surface area (TPSA) is 45.0 Å². The van der Waals surface area contributed by atoms with Gasteiger partial charge in [0, 0.05) is 6.54 Å². The van der Waals surface area contributed by atoms with Crippen molar-refractivity contribution in [3.63, 3.8) is 0 Å². The Kier molecular flexibility index (Phi) is 2.95. The molecule has 0 radical (unpaired) electrons. The van der Waals surface area contributed by atoms with Crippen molar-refractivity contribution in [1.82, 2.24) is 5.32 Å². The number of ether oxygens (including phenoxy) is 1. The van der Waals surface area contributed by atoms with E-state index in [0.717, 1.165) is 12.1 Å². The summed E-state index contributed by atoms with van der Waals surface area (Å²) in [5, 5.41) is 11.9. The summed E-state index contributed by atoms with van der Waals surface area (Å²) in [7, 11) is 0. The van der Waals surface area contributed by atoms with Crippen LogP contribution in [0.4, 0.5) is 4.39 Å². The Morgan fingerprint density at radius 2 is 2.40 bits per heavy atom. The lowest BCUT2D eigenvalue weighted by Crippen LogP contribution is -2.34. The molecule has 0 bridgehead atoms. The molecular formula is C11H11FN2O. The van der Waals surface area contributed by atoms with Gasteiger partial charge in [0.15, 0.2) is 0 Å². The van der Waals surface area contributed by atoms with Crippen LogP contribution in [0.5, 0.6) is 0 Å². The maximum Gasteiger partial charge on any atom is 0.140 e. The average Bonchev–Trinajstić information content (AvgIpc) is 2.31. The molecule has 1 aliphatic heterocycles. The molecular weight excluding hydrogens is 195 g/mol. The minimum absolute atomic E-state index is 0.0615. The molecule has 15 heavy (non-hydrogen) atoms. The highest BCUT2D eigenvalue weighted by Crippen LogP contribution is 2.18. The van der Waals surface area contributed by atoms with Crippen LogP contribution in [0, 0.1) is 17.1 Å². The van der Waals surface area contributed by atoms with Crippen LogP contribution >= 0.6 is 0 Å². The second-order valence-corrected chi connectivity index (χ2v) is 3.43. The predicted molar refractivity (Wildman–Crippen MR) is 52.7 cm³/mol. The zero-order valence-electron chi connectivity index (χ0n) is 8.16. The first kappa shape index (κ1) is 10.1. The molecule has 0 aliphatic carbocycles. The minimum atomic E-state index is -0.474. The number of nitrogens with zero attached hydrogens (tertiary/aromatic N) is 1. The van der Waals surface area contributed by atoms with Crippen molar-refractivity contribution in [1.29, 1.82) is 5.26 Å². The van der Waals surface area contributed by atoms with Gasteiger partial charge in [-0.1, -0.05) is 6.07 Å². The number of morpholine rings is 1. The van der Waals surface area contributed by atoms with E-state index in [1.54, 1.807) is 12.1 Å². The second kappa shape index (κ2) is 4.39. The van der Waals surface area contributed by atoms with E-state index in [2.05, 4.69) is 5.32 Å². The zero-order valence-corrected chi connectivity index (χ0v) is 8.16. The number of halogens is 1. The molecule has 78 valence electrons. The van der Waals surface area contributed by atoms with Crippen LogP contribution in [0.25, 0.3) is 0 Å². The fourth-order valence-corrected chi connectivity index (χ4v) is 1.62. The monoisotopic (exact) mass is 206 g/mol. The Morgan fingerprint density at radius 3 is 3.07 bits per heavy atom. The van der Waals surface area contributed by atoms with Crippen molar-refractivity contribution < 1.29 is 9.13 Å². The summed E-state index contributed by atoms with van der Waals surface area (Å²) < 4.78 is 18.4. The number of hydrogen-bond donors (Lipinski definition) is 1. The molecule has 0 aromatic heterocycles. The van der Waals surface area contributed by atoms with Crippen LogP contribution in [0.3, 0.4) is 0 Å². The Labute approximate surface area is 87.5 Å². The van der Waals surface area contributed by atoms with Gasteiger partial charge in [-0.2, -0.15) is 5.26 Å². The fraction of sp³-hybridized carbons (Fsp3) is 0.364. The SMILES string of the molecule is N#Cc1cc([C@@H]2COCCN2)ccc1F. The summed E-state index contributed by atoms with van der Waals surface area (Å²) >= 11 is 0. The molecule has 0 amide bonds. The van der Waals surface area contributed by atoms with Crippen LogP contribution in [-0.2, 0) is 4.74 Å². The van der Waals surface area contributed by atoms with Gasteiger partial charge in [0.2, 0.25) is 0 Å². The van der Waals surface area contributed by atoms with E-state index in [-0.39, 0.29) is 11.6 Å². The van der Waals surface area contributed by atoms with E-state index in [1.165, 1.54) is 6.07 Å². The van der Waals surface area contributed by atoms with Crippen molar-refractivity contribution in [3.05, 3.63) is 35.1 Å². The molecule has 0 saturated carbocycles. The molecule has 3 nitrogen and oxygen atoms in total. The van der Waals surface area contributed by atoms with Gasteiger partial charge in [-0.15, -0.1) is 0 Å². The van der Waals surface area contributed by atoms with E-state index in [4.69, 9.17) is 10.00 Å². The predicted octanol–water partition coefficient (Wildman–Crippen LogP) is 1.36. The van der Waals surface area contributed by atoms with Gasteiger partial charge >= 0.3 is 0 Å². The van der Waals surface area contributed by atoms with Gasteiger partial charge in [0.1, 0.15) is 11.9 Å². The highest BCUT2D eigenvalue weighted by molar-refractivity contribution is 5.35. The molecule has 0 spiro atoms. The second-order valence-electron chi connectivity index (χ2n) is 3.43. The molecule has 4 heteroatoms. The van der Waals surface area contributed by atoms with Gasteiger partial charge in [-0.3, -0.25) is 0 Å². The van der Waals surface area contributed by atoms with Crippen LogP contribution in [0.2, 0.25) is 0 Å². The van der Waals surface area contributed by atoms with Gasteiger partial charge in [-0.25, -0.2) is 4.39 Å². The summed E-state index contributed by atoms with van der Waals surface area (Å²) in [6, 6.07) is 6.47. The number of nitrogens with one attached hydrogen (secondary N) is 1. The molecule has 1 aromatic carbocycles. The normalized spacial score (nSPS) is 20.9. The van der Waals surface area contributed by atoms with E-state index >= 15 is 0 Å². The van der Waals surface area contributed by atoms with Crippen LogP contribution < -0.4 is 5.32 Å². The molecule has 1 saturated heterocycles. The highest BCUT2D eigenvalue weighted by Gasteiger charge is 2.16. The summed E-state index contributed by atoms with van der Waals surface area (Å²) in [4.78, 5) is 0. The molecule has 2 rings (SSSR count). The lowest BCUT2D eigenvalue weighted by molar-refractivity contribution is 0.0768. The minimum Gasteiger partial charge on any atom is -0.378 e. The molecule has 1 heterocycles. The Bertz CT molecular complexity index is 394. The number of benzene rings is 1. The Balaban J connectivity index is 2.25. The van der Waals surface area contributed by atoms with Gasteiger partial charge in [0.05, 0.1) is 24.8 Å². The number of hydrogen-bond acceptors (Lipinski definition) is 3. The lowest BCUT2D eigenvalue weighted by atomic mass is 10.0. The first-order valence-corrected chi connectivity index (χ1v) is 4.82. The molecule has 1 fully saturated rings. The first-order chi connectivity index (χ1) is 7.31. The summed E-state index contributed by atoms with van der Waals surface area (Å²) in [6.07, 6.45) is 0. The van der Waals surface area contributed by atoms with Crippen molar-refractivity contribution >= 4 is 0 Å². The quantitative estimate of drug-likeness (QED) is 0.754. The number of nitriles is 1. The first-order valence-electron chi connectivity index (χ1n) is 4.82. The summed E-state index contributed by atoms with van der Waals surface area (Å²) in [5.74, 6) is -0.474. The summed E-state index contributed by atoms with van der Waals surface area (Å²) in [6.45, 7) is 2.04. The molecule has 1 aliphatic rings. The molecule has 0 unspecified atom stereocenters. The lowest BCUT2D eigenvalue weighted by Gasteiger charge is -2.24. The maximum absolute atomic E-state index is 13.1. The standard InChI is InChI=1S/C11H11FN2O/c12-10-2-1-8(5-9(10)6-13)11-7-15-4-3-14-11/h1-2,5,11,14H,3-4,7H2/t11-/m0/s1.